The fraction of sp³-hybridized carbons (Fsp3) is 0.280. The van der Waals surface area contributed by atoms with Crippen LogP contribution in [0.5, 0.6) is 0 Å². The number of benzene rings is 3. The summed E-state index contributed by atoms with van der Waals surface area (Å²) in [5, 5.41) is 22.9. The molecule has 152 valence electrons. The van der Waals surface area contributed by atoms with Crippen LogP contribution < -0.4 is 10.4 Å². The van der Waals surface area contributed by atoms with Crippen LogP contribution in [0, 0.1) is 0 Å². The summed E-state index contributed by atoms with van der Waals surface area (Å²) in [6.45, 7) is 2.23. The van der Waals surface area contributed by atoms with Crippen LogP contribution in [-0.2, 0) is 0 Å². The summed E-state index contributed by atoms with van der Waals surface area (Å²) >= 11 is 0. The van der Waals surface area contributed by atoms with Crippen molar-refractivity contribution >= 4 is 11.4 Å². The molecule has 0 amide bonds. The Balaban J connectivity index is 1.73. The van der Waals surface area contributed by atoms with Crippen molar-refractivity contribution in [3.05, 3.63) is 96.6 Å². The van der Waals surface area contributed by atoms with Gasteiger partial charge in [0, 0.05) is 0 Å². The molecule has 0 bridgehead atoms. The van der Waals surface area contributed by atoms with E-state index in [2.05, 4.69) is 17.6 Å². The van der Waals surface area contributed by atoms with Crippen LogP contribution in [0.2, 0.25) is 0 Å². The monoisotopic (exact) mass is 390 g/mol. The number of anilines is 2. The van der Waals surface area contributed by atoms with Crippen LogP contribution in [-0.4, -0.2) is 29.0 Å². The van der Waals surface area contributed by atoms with Gasteiger partial charge < -0.3 is 10.2 Å². The number of aliphatic hydroxyl groups excluding tert-OH is 2. The van der Waals surface area contributed by atoms with Gasteiger partial charge >= 0.3 is 0 Å². The highest BCUT2D eigenvalue weighted by atomic mass is 16.3. The van der Waals surface area contributed by atoms with Crippen molar-refractivity contribution in [2.45, 2.75) is 37.9 Å². The maximum Gasteiger partial charge on any atom is 0.0741 e. The Morgan fingerprint density at radius 2 is 1.31 bits per heavy atom. The lowest BCUT2D eigenvalue weighted by molar-refractivity contribution is 0.134. The molecule has 3 rings (SSSR count). The Morgan fingerprint density at radius 1 is 0.759 bits per heavy atom. The molecule has 0 aliphatic carbocycles. The molecule has 4 heteroatoms. The highest BCUT2D eigenvalue weighted by molar-refractivity contribution is 5.55. The van der Waals surface area contributed by atoms with Gasteiger partial charge in [0.05, 0.1) is 30.1 Å². The van der Waals surface area contributed by atoms with Crippen molar-refractivity contribution in [1.82, 2.24) is 0 Å². The van der Waals surface area contributed by atoms with E-state index in [0.29, 0.717) is 19.4 Å². The Labute approximate surface area is 173 Å². The summed E-state index contributed by atoms with van der Waals surface area (Å²) in [4.78, 5) is 0. The van der Waals surface area contributed by atoms with Crippen LogP contribution in [0.3, 0.4) is 0 Å². The van der Waals surface area contributed by atoms with Gasteiger partial charge in [-0.05, 0) is 55.5 Å². The maximum atomic E-state index is 10.9. The largest absolute Gasteiger partial charge is 0.393 e. The van der Waals surface area contributed by atoms with Crippen molar-refractivity contribution in [2.75, 3.05) is 17.0 Å². The summed E-state index contributed by atoms with van der Waals surface area (Å²) < 4.78 is 0. The molecular formula is C25H30N2O2. The Hall–Kier alpha value is -2.82. The van der Waals surface area contributed by atoms with Crippen molar-refractivity contribution in [1.29, 1.82) is 0 Å². The van der Waals surface area contributed by atoms with Crippen molar-refractivity contribution in [2.24, 2.45) is 0 Å². The third-order valence-electron chi connectivity index (χ3n) is 4.95. The fourth-order valence-corrected chi connectivity index (χ4v) is 3.61. The van der Waals surface area contributed by atoms with E-state index in [0.717, 1.165) is 16.9 Å². The molecule has 0 aromatic heterocycles. The SMILES string of the molecule is CC(O)CC(CC(O)CN(Nc1ccccc1)c1ccccc1)c1ccccc1. The van der Waals surface area contributed by atoms with Gasteiger partial charge in [0.2, 0.25) is 0 Å². The molecule has 3 N–H and O–H groups in total. The lowest BCUT2D eigenvalue weighted by atomic mass is 9.88. The van der Waals surface area contributed by atoms with Gasteiger partial charge in [0.25, 0.3) is 0 Å². The van der Waals surface area contributed by atoms with Gasteiger partial charge in [-0.1, -0.05) is 66.7 Å². The lowest BCUT2D eigenvalue weighted by Gasteiger charge is -2.30. The van der Waals surface area contributed by atoms with Crippen LogP contribution in [0.1, 0.15) is 31.2 Å². The van der Waals surface area contributed by atoms with E-state index in [1.54, 1.807) is 6.92 Å². The molecule has 0 spiro atoms. The zero-order chi connectivity index (χ0) is 20.5. The minimum atomic E-state index is -0.560. The topological polar surface area (TPSA) is 55.7 Å². The molecule has 4 nitrogen and oxygen atoms in total. The van der Waals surface area contributed by atoms with Gasteiger partial charge in [-0.15, -0.1) is 0 Å². The van der Waals surface area contributed by atoms with Gasteiger partial charge in [-0.25, -0.2) is 0 Å². The molecule has 29 heavy (non-hydrogen) atoms. The molecule has 3 aromatic rings. The van der Waals surface area contributed by atoms with Gasteiger partial charge in [-0.3, -0.25) is 10.4 Å². The van der Waals surface area contributed by atoms with Gasteiger partial charge in [0.1, 0.15) is 0 Å². The fourth-order valence-electron chi connectivity index (χ4n) is 3.61. The van der Waals surface area contributed by atoms with Crippen molar-refractivity contribution in [3.63, 3.8) is 0 Å². The first-order valence-electron chi connectivity index (χ1n) is 10.2. The van der Waals surface area contributed by atoms with Crippen molar-refractivity contribution in [3.8, 4) is 0 Å². The van der Waals surface area contributed by atoms with E-state index in [1.165, 1.54) is 0 Å². The van der Waals surface area contributed by atoms with E-state index in [4.69, 9.17) is 0 Å². The van der Waals surface area contributed by atoms with E-state index in [-0.39, 0.29) is 5.92 Å². The van der Waals surface area contributed by atoms with Gasteiger partial charge in [0.15, 0.2) is 0 Å². The Bertz CT molecular complexity index is 825. The quantitative estimate of drug-likeness (QED) is 0.434. The molecular weight excluding hydrogens is 360 g/mol. The summed E-state index contributed by atoms with van der Waals surface area (Å²) in [5.41, 5.74) is 6.50. The molecule has 0 saturated heterocycles. The second kappa shape index (κ2) is 10.6. The molecule has 0 aliphatic heterocycles. The average Bonchev–Trinajstić information content (AvgIpc) is 2.74. The van der Waals surface area contributed by atoms with Gasteiger partial charge in [-0.2, -0.15) is 0 Å². The number of hydrazine groups is 1. The van der Waals surface area contributed by atoms with Crippen LogP contribution >= 0.6 is 0 Å². The van der Waals surface area contributed by atoms with Crippen LogP contribution in [0.25, 0.3) is 0 Å². The first kappa shape index (κ1) is 20.9. The zero-order valence-corrected chi connectivity index (χ0v) is 16.9. The predicted octanol–water partition coefficient (Wildman–Crippen LogP) is 4.83. The number of hydrogen-bond acceptors (Lipinski definition) is 4. The third-order valence-corrected chi connectivity index (χ3v) is 4.95. The Kier molecular flexibility index (Phi) is 7.68. The first-order valence-corrected chi connectivity index (χ1v) is 10.2. The molecule has 3 unspecified atom stereocenters. The highest BCUT2D eigenvalue weighted by Crippen LogP contribution is 2.27. The molecule has 0 heterocycles. The summed E-state index contributed by atoms with van der Waals surface area (Å²) in [6, 6.07) is 30.1. The van der Waals surface area contributed by atoms with E-state index < -0.39 is 12.2 Å². The van der Waals surface area contributed by atoms with E-state index >= 15 is 0 Å². The van der Waals surface area contributed by atoms with Crippen LogP contribution in [0.4, 0.5) is 11.4 Å². The Morgan fingerprint density at radius 3 is 1.90 bits per heavy atom. The standard InChI is InChI=1S/C25H30N2O2/c1-20(28)17-22(21-11-5-2-6-12-21)18-25(29)19-27(24-15-9-4-10-16-24)26-23-13-7-3-8-14-23/h2-16,20,22,25-26,28-29H,17-19H2,1H3. The minimum absolute atomic E-state index is 0.0977. The second-order valence-electron chi connectivity index (χ2n) is 7.51. The van der Waals surface area contributed by atoms with E-state index in [1.807, 2.05) is 83.9 Å². The maximum absolute atomic E-state index is 10.9. The summed E-state index contributed by atoms with van der Waals surface area (Å²) in [5.74, 6) is 0.0977. The predicted molar refractivity (Wildman–Crippen MR) is 120 cm³/mol. The summed E-state index contributed by atoms with van der Waals surface area (Å²) in [7, 11) is 0. The molecule has 0 radical (unpaired) electrons. The third kappa shape index (κ3) is 6.63. The number of nitrogens with zero attached hydrogens (tertiary/aromatic N) is 1. The molecule has 0 fully saturated rings. The second-order valence-corrected chi connectivity index (χ2v) is 7.51. The molecule has 3 aromatic carbocycles. The zero-order valence-electron chi connectivity index (χ0n) is 16.9. The van der Waals surface area contributed by atoms with Crippen LogP contribution in [0.15, 0.2) is 91.0 Å². The average molecular weight is 391 g/mol. The molecule has 0 saturated carbocycles. The number of para-hydroxylation sites is 2. The highest BCUT2D eigenvalue weighted by Gasteiger charge is 2.21. The smallest absolute Gasteiger partial charge is 0.0741 e. The summed E-state index contributed by atoms with van der Waals surface area (Å²) in [6.07, 6.45) is 0.225. The normalized spacial score (nSPS) is 14.0. The minimum Gasteiger partial charge on any atom is -0.393 e. The molecule has 0 aliphatic rings. The number of aliphatic hydroxyl groups is 2. The number of hydrogen-bond donors (Lipinski definition) is 3. The molecule has 3 atom stereocenters. The first-order chi connectivity index (χ1) is 14.1. The van der Waals surface area contributed by atoms with Crippen molar-refractivity contribution < 1.29 is 10.2 Å². The van der Waals surface area contributed by atoms with E-state index in [9.17, 15) is 10.2 Å². The number of rotatable bonds is 10. The lowest BCUT2D eigenvalue weighted by Crippen LogP contribution is -2.37. The number of nitrogens with one attached hydrogen (secondary N) is 1.